The highest BCUT2D eigenvalue weighted by molar-refractivity contribution is 6.07. The molecule has 1 saturated heterocycles. The van der Waals surface area contributed by atoms with Crippen LogP contribution >= 0.6 is 0 Å². The van der Waals surface area contributed by atoms with Gasteiger partial charge in [0.25, 0.3) is 5.91 Å². The van der Waals surface area contributed by atoms with E-state index >= 15 is 0 Å². The van der Waals surface area contributed by atoms with Crippen molar-refractivity contribution in [3.63, 3.8) is 0 Å². The molecular formula is C24H25F2N7O3. The number of carbonyl (C=O) groups is 1. The number of nitrogens with zero attached hydrogens (tertiary/aromatic N) is 6. The van der Waals surface area contributed by atoms with E-state index in [9.17, 15) is 18.8 Å². The van der Waals surface area contributed by atoms with E-state index < -0.39 is 12.5 Å². The maximum atomic E-state index is 13.0. The van der Waals surface area contributed by atoms with E-state index in [1.54, 1.807) is 37.5 Å². The molecule has 12 heteroatoms. The summed E-state index contributed by atoms with van der Waals surface area (Å²) in [5.41, 5.74) is 1.64. The summed E-state index contributed by atoms with van der Waals surface area (Å²) >= 11 is 0. The fourth-order valence-corrected chi connectivity index (χ4v) is 4.03. The minimum atomic E-state index is -2.88. The highest BCUT2D eigenvalue weighted by Crippen LogP contribution is 2.28. The van der Waals surface area contributed by atoms with E-state index in [0.29, 0.717) is 55.4 Å². The zero-order valence-corrected chi connectivity index (χ0v) is 19.8. The number of benzene rings is 1. The molecule has 3 heterocycles. The number of para-hydroxylation sites is 1. The zero-order valence-electron chi connectivity index (χ0n) is 19.8. The van der Waals surface area contributed by atoms with E-state index in [4.69, 9.17) is 4.74 Å². The minimum Gasteiger partial charge on any atom is -0.479 e. The van der Waals surface area contributed by atoms with Gasteiger partial charge in [-0.15, -0.1) is 5.10 Å². The number of nitrogens with one attached hydrogen (secondary N) is 1. The van der Waals surface area contributed by atoms with Gasteiger partial charge < -0.3 is 19.7 Å². The SMILES string of the molecule is COc1nn(C)cc1C(=O)Nc1cc(C#N)cnc1N1CCN(Cc2ccccc2OC(F)F)CC1. The first-order chi connectivity index (χ1) is 17.4. The van der Waals surface area contributed by atoms with Gasteiger partial charge >= 0.3 is 6.61 Å². The summed E-state index contributed by atoms with van der Waals surface area (Å²) in [5, 5.41) is 16.3. The molecule has 1 aliphatic rings. The number of nitriles is 1. The van der Waals surface area contributed by atoms with Crippen LogP contribution in [0.25, 0.3) is 0 Å². The Labute approximate surface area is 206 Å². The summed E-state index contributed by atoms with van der Waals surface area (Å²) in [6, 6.07) is 10.4. The van der Waals surface area contributed by atoms with Crippen LogP contribution < -0.4 is 19.7 Å². The summed E-state index contributed by atoms with van der Waals surface area (Å²) in [7, 11) is 3.11. The molecular weight excluding hydrogens is 472 g/mol. The third-order valence-electron chi connectivity index (χ3n) is 5.73. The van der Waals surface area contributed by atoms with Crippen molar-refractivity contribution in [2.24, 2.45) is 7.05 Å². The Hall–Kier alpha value is -4.24. The van der Waals surface area contributed by atoms with Gasteiger partial charge in [0.05, 0.1) is 18.4 Å². The Bertz CT molecular complexity index is 1270. The number of methoxy groups -OCH3 is 1. The molecule has 1 amide bonds. The summed E-state index contributed by atoms with van der Waals surface area (Å²) < 4.78 is 36.8. The highest BCUT2D eigenvalue weighted by Gasteiger charge is 2.24. The second kappa shape index (κ2) is 11.0. The molecule has 188 valence electrons. The minimum absolute atomic E-state index is 0.166. The lowest BCUT2D eigenvalue weighted by Gasteiger charge is -2.36. The first-order valence-corrected chi connectivity index (χ1v) is 11.2. The van der Waals surface area contributed by atoms with Crippen molar-refractivity contribution in [2.75, 3.05) is 43.5 Å². The summed E-state index contributed by atoms with van der Waals surface area (Å²) in [6.07, 6.45) is 3.00. The number of amides is 1. The van der Waals surface area contributed by atoms with E-state index in [2.05, 4.69) is 25.0 Å². The lowest BCUT2D eigenvalue weighted by Crippen LogP contribution is -2.46. The summed E-state index contributed by atoms with van der Waals surface area (Å²) in [6.45, 7) is 0.00198. The van der Waals surface area contributed by atoms with Gasteiger partial charge in [0.15, 0.2) is 5.82 Å². The topological polar surface area (TPSA) is 109 Å². The predicted octanol–water partition coefficient (Wildman–Crippen LogP) is 2.87. The first kappa shape index (κ1) is 24.9. The van der Waals surface area contributed by atoms with Crippen LogP contribution in [-0.2, 0) is 13.6 Å². The largest absolute Gasteiger partial charge is 0.479 e. The molecule has 1 fully saturated rings. The maximum absolute atomic E-state index is 13.0. The molecule has 0 aliphatic carbocycles. The second-order valence-corrected chi connectivity index (χ2v) is 8.14. The van der Waals surface area contributed by atoms with Crippen LogP contribution in [0.3, 0.4) is 0 Å². The number of aromatic nitrogens is 3. The molecule has 0 unspecified atom stereocenters. The lowest BCUT2D eigenvalue weighted by molar-refractivity contribution is -0.0508. The number of hydrogen-bond acceptors (Lipinski definition) is 8. The Kier molecular flexibility index (Phi) is 7.60. The normalized spacial score (nSPS) is 13.9. The number of alkyl halides is 2. The van der Waals surface area contributed by atoms with Crippen LogP contribution in [0.5, 0.6) is 11.6 Å². The number of ether oxygens (including phenoxy) is 2. The number of hydrogen-bond donors (Lipinski definition) is 1. The Morgan fingerprint density at radius 3 is 2.69 bits per heavy atom. The average molecular weight is 498 g/mol. The van der Waals surface area contributed by atoms with Crippen LogP contribution in [0.2, 0.25) is 0 Å². The molecule has 0 atom stereocenters. The van der Waals surface area contributed by atoms with Crippen molar-refractivity contribution in [1.82, 2.24) is 19.7 Å². The van der Waals surface area contributed by atoms with Crippen molar-refractivity contribution < 1.29 is 23.0 Å². The van der Waals surface area contributed by atoms with Crippen LogP contribution in [0.4, 0.5) is 20.3 Å². The Morgan fingerprint density at radius 2 is 2.00 bits per heavy atom. The molecule has 10 nitrogen and oxygen atoms in total. The predicted molar refractivity (Wildman–Crippen MR) is 127 cm³/mol. The first-order valence-electron chi connectivity index (χ1n) is 11.2. The van der Waals surface area contributed by atoms with Gasteiger partial charge in [-0.25, -0.2) is 4.98 Å². The number of carbonyl (C=O) groups excluding carboxylic acids is 1. The zero-order chi connectivity index (χ0) is 25.7. The van der Waals surface area contributed by atoms with E-state index in [1.807, 2.05) is 11.0 Å². The van der Waals surface area contributed by atoms with Gasteiger partial charge in [0, 0.05) is 57.7 Å². The van der Waals surface area contributed by atoms with Crippen LogP contribution in [-0.4, -0.2) is 65.5 Å². The highest BCUT2D eigenvalue weighted by atomic mass is 19.3. The second-order valence-electron chi connectivity index (χ2n) is 8.14. The van der Waals surface area contributed by atoms with Gasteiger partial charge in [-0.05, 0) is 12.1 Å². The van der Waals surface area contributed by atoms with Gasteiger partial charge in [-0.2, -0.15) is 14.0 Å². The third-order valence-corrected chi connectivity index (χ3v) is 5.73. The summed E-state index contributed by atoms with van der Waals surface area (Å²) in [5.74, 6) is 0.448. The molecule has 0 radical (unpaired) electrons. The van der Waals surface area contributed by atoms with Gasteiger partial charge in [0.2, 0.25) is 5.88 Å². The molecule has 0 saturated carbocycles. The quantitative estimate of drug-likeness (QED) is 0.506. The Morgan fingerprint density at radius 1 is 1.25 bits per heavy atom. The number of rotatable bonds is 8. The number of pyridine rings is 1. The van der Waals surface area contributed by atoms with Crippen molar-refractivity contribution in [3.8, 4) is 17.7 Å². The number of halogens is 2. The van der Waals surface area contributed by atoms with Crippen LogP contribution in [0.15, 0.2) is 42.7 Å². The molecule has 1 aliphatic heterocycles. The average Bonchev–Trinajstić information content (AvgIpc) is 3.26. The fraction of sp³-hybridized carbons (Fsp3) is 0.333. The Balaban J connectivity index is 1.47. The van der Waals surface area contributed by atoms with Crippen molar-refractivity contribution in [2.45, 2.75) is 13.2 Å². The number of piperazine rings is 1. The van der Waals surface area contributed by atoms with E-state index in [-0.39, 0.29) is 17.2 Å². The van der Waals surface area contributed by atoms with Gasteiger partial charge in [-0.3, -0.25) is 14.4 Å². The fourth-order valence-electron chi connectivity index (χ4n) is 4.03. The van der Waals surface area contributed by atoms with Gasteiger partial charge in [0.1, 0.15) is 17.4 Å². The molecule has 3 aromatic rings. The molecule has 2 aromatic heterocycles. The monoisotopic (exact) mass is 497 g/mol. The third kappa shape index (κ3) is 5.69. The number of aryl methyl sites for hydroxylation is 1. The lowest BCUT2D eigenvalue weighted by atomic mass is 10.1. The number of anilines is 2. The summed E-state index contributed by atoms with van der Waals surface area (Å²) in [4.78, 5) is 21.5. The van der Waals surface area contributed by atoms with E-state index in [0.717, 1.165) is 0 Å². The van der Waals surface area contributed by atoms with Crippen LogP contribution in [0.1, 0.15) is 21.5 Å². The molecule has 0 bridgehead atoms. The standard InChI is InChI=1S/C24H25F2N7O3/c1-31-15-18(23(30-31)35-2)22(34)29-19-11-16(12-27)13-28-21(19)33-9-7-32(8-10-33)14-17-5-3-4-6-20(17)36-24(25)26/h3-6,11,13,15,24H,7-10,14H2,1-2H3,(H,29,34). The molecule has 36 heavy (non-hydrogen) atoms. The molecule has 1 aromatic carbocycles. The van der Waals surface area contributed by atoms with Gasteiger partial charge in [-0.1, -0.05) is 18.2 Å². The molecule has 0 spiro atoms. The smallest absolute Gasteiger partial charge is 0.387 e. The van der Waals surface area contributed by atoms with Crippen molar-refractivity contribution in [1.29, 1.82) is 5.26 Å². The molecule has 1 N–H and O–H groups in total. The van der Waals surface area contributed by atoms with E-state index in [1.165, 1.54) is 24.1 Å². The molecule has 4 rings (SSSR count). The van der Waals surface area contributed by atoms with Crippen molar-refractivity contribution in [3.05, 3.63) is 59.4 Å². The maximum Gasteiger partial charge on any atom is 0.387 e. The van der Waals surface area contributed by atoms with Crippen LogP contribution in [0, 0.1) is 11.3 Å². The van der Waals surface area contributed by atoms with Crippen molar-refractivity contribution >= 4 is 17.4 Å².